The zero-order valence-electron chi connectivity index (χ0n) is 25.2. The summed E-state index contributed by atoms with van der Waals surface area (Å²) in [4.78, 5) is 19.5. The average Bonchev–Trinajstić information content (AvgIpc) is 3.37. The van der Waals surface area contributed by atoms with Gasteiger partial charge in [0.15, 0.2) is 5.82 Å². The number of aryl methyl sites for hydroxylation is 1. The van der Waals surface area contributed by atoms with Gasteiger partial charge in [-0.05, 0) is 57.8 Å². The quantitative estimate of drug-likeness (QED) is 0.176. The van der Waals surface area contributed by atoms with Crippen molar-refractivity contribution in [2.75, 3.05) is 31.6 Å². The molecule has 1 aliphatic heterocycles. The van der Waals surface area contributed by atoms with Gasteiger partial charge in [-0.25, -0.2) is 28.7 Å². The van der Waals surface area contributed by atoms with Crippen molar-refractivity contribution in [2.24, 2.45) is 0 Å². The van der Waals surface area contributed by atoms with Crippen LogP contribution in [0.2, 0.25) is 0 Å². The van der Waals surface area contributed by atoms with Crippen LogP contribution >= 0.6 is 0 Å². The number of aromatic nitrogens is 6. The molecule has 1 N–H and O–H groups in total. The standard InChI is InChI=1S/C32H31F5N8O/c1-3-46-21-14-25(33)24(26(34)15-21)17-45-27-7-5-4-6-22(27)29(43-45)31-39-16-23(20-9-12-44(13-10-20)18-32(35,36)37)30(42-31)41-28-8-11-38-19(2)40-28/h4-8,11,14-16,20H,3,9-10,12-13,17-18H2,1-2H3,(H,38,39,40,41,42). The highest BCUT2D eigenvalue weighted by Crippen LogP contribution is 2.36. The Balaban J connectivity index is 1.36. The first-order valence-corrected chi connectivity index (χ1v) is 14.9. The molecule has 3 aromatic heterocycles. The number of para-hydroxylation sites is 1. The van der Waals surface area contributed by atoms with Gasteiger partial charge < -0.3 is 10.1 Å². The number of nitrogens with one attached hydrogen (secondary N) is 1. The van der Waals surface area contributed by atoms with Crippen molar-refractivity contribution < 1.29 is 26.7 Å². The highest BCUT2D eigenvalue weighted by molar-refractivity contribution is 5.92. The van der Waals surface area contributed by atoms with Crippen LogP contribution in [-0.2, 0) is 6.54 Å². The van der Waals surface area contributed by atoms with E-state index in [1.165, 1.54) is 9.58 Å². The number of hydrogen-bond donors (Lipinski definition) is 1. The van der Waals surface area contributed by atoms with Crippen molar-refractivity contribution in [3.8, 4) is 17.3 Å². The minimum Gasteiger partial charge on any atom is -0.494 e. The maximum atomic E-state index is 15.0. The monoisotopic (exact) mass is 638 g/mol. The SMILES string of the molecule is CCOc1cc(F)c(Cn2nc(-c3ncc(C4CCN(CC(F)(F)F)CC4)c(Nc4ccnc(C)n4)n3)c3ccccc32)c(F)c1. The van der Waals surface area contributed by atoms with Crippen LogP contribution in [0.25, 0.3) is 22.4 Å². The largest absolute Gasteiger partial charge is 0.494 e. The van der Waals surface area contributed by atoms with Crippen molar-refractivity contribution in [3.63, 3.8) is 0 Å². The number of alkyl halides is 3. The molecule has 0 aliphatic carbocycles. The zero-order valence-corrected chi connectivity index (χ0v) is 25.2. The molecule has 0 saturated carbocycles. The van der Waals surface area contributed by atoms with Crippen LogP contribution in [0.5, 0.6) is 5.75 Å². The van der Waals surface area contributed by atoms with E-state index in [2.05, 4.69) is 20.3 Å². The van der Waals surface area contributed by atoms with Crippen molar-refractivity contribution in [3.05, 3.63) is 83.4 Å². The molecule has 9 nitrogen and oxygen atoms in total. The van der Waals surface area contributed by atoms with Gasteiger partial charge in [-0.3, -0.25) is 9.58 Å². The van der Waals surface area contributed by atoms with E-state index in [-0.39, 0.29) is 49.3 Å². The Morgan fingerprint density at radius 3 is 2.43 bits per heavy atom. The number of halogens is 5. The summed E-state index contributed by atoms with van der Waals surface area (Å²) < 4.78 is 75.7. The highest BCUT2D eigenvalue weighted by atomic mass is 19.4. The minimum absolute atomic E-state index is 0.0936. The third-order valence-electron chi connectivity index (χ3n) is 7.87. The fourth-order valence-electron chi connectivity index (χ4n) is 5.75. The van der Waals surface area contributed by atoms with E-state index in [4.69, 9.17) is 14.8 Å². The van der Waals surface area contributed by atoms with Crippen LogP contribution < -0.4 is 10.1 Å². The van der Waals surface area contributed by atoms with Crippen molar-refractivity contribution >= 4 is 22.5 Å². The zero-order chi connectivity index (χ0) is 32.4. The van der Waals surface area contributed by atoms with Crippen LogP contribution in [-0.4, -0.2) is 67.0 Å². The Morgan fingerprint density at radius 2 is 1.74 bits per heavy atom. The lowest BCUT2D eigenvalue weighted by Gasteiger charge is -2.33. The van der Waals surface area contributed by atoms with Crippen LogP contribution in [0.15, 0.2) is 54.9 Å². The summed E-state index contributed by atoms with van der Waals surface area (Å²) in [7, 11) is 0. The molecule has 0 atom stereocenters. The predicted octanol–water partition coefficient (Wildman–Crippen LogP) is 6.80. The van der Waals surface area contributed by atoms with Crippen LogP contribution in [0.1, 0.15) is 42.6 Å². The first-order chi connectivity index (χ1) is 22.1. The molecule has 240 valence electrons. The molecule has 0 unspecified atom stereocenters. The summed E-state index contributed by atoms with van der Waals surface area (Å²) in [6.45, 7) is 3.19. The molecule has 5 aromatic rings. The van der Waals surface area contributed by atoms with Gasteiger partial charge in [0.05, 0.1) is 25.2 Å². The first kappa shape index (κ1) is 31.3. The number of nitrogens with zero attached hydrogens (tertiary/aromatic N) is 7. The smallest absolute Gasteiger partial charge is 0.401 e. The summed E-state index contributed by atoms with van der Waals surface area (Å²) in [6, 6.07) is 11.2. The van der Waals surface area contributed by atoms with Gasteiger partial charge in [0.2, 0.25) is 0 Å². The van der Waals surface area contributed by atoms with Gasteiger partial charge >= 0.3 is 6.18 Å². The number of ether oxygens (including phenoxy) is 1. The summed E-state index contributed by atoms with van der Waals surface area (Å²) in [6.07, 6.45) is 0.00467. The molecule has 0 amide bonds. The normalized spacial score (nSPS) is 14.6. The molecule has 1 aliphatic rings. The van der Waals surface area contributed by atoms with Crippen LogP contribution in [0.3, 0.4) is 0 Å². The Hall–Kier alpha value is -4.72. The Bertz CT molecular complexity index is 1830. The molecule has 2 aromatic carbocycles. The van der Waals surface area contributed by atoms with Gasteiger partial charge in [0.1, 0.15) is 40.5 Å². The van der Waals surface area contributed by atoms with E-state index in [9.17, 15) is 13.2 Å². The number of likely N-dealkylation sites (tertiary alicyclic amines) is 1. The molecule has 14 heteroatoms. The van der Waals surface area contributed by atoms with E-state index in [0.717, 1.165) is 17.7 Å². The topological polar surface area (TPSA) is 93.9 Å². The third-order valence-corrected chi connectivity index (χ3v) is 7.87. The fraction of sp³-hybridized carbons (Fsp3) is 0.344. The molecular formula is C32H31F5N8O. The Labute approximate surface area is 261 Å². The van der Waals surface area contributed by atoms with Crippen molar-refractivity contribution in [1.82, 2.24) is 34.6 Å². The van der Waals surface area contributed by atoms with Gasteiger partial charge in [-0.1, -0.05) is 18.2 Å². The lowest BCUT2D eigenvalue weighted by Crippen LogP contribution is -2.39. The van der Waals surface area contributed by atoms with E-state index >= 15 is 8.78 Å². The van der Waals surface area contributed by atoms with Gasteiger partial charge in [-0.2, -0.15) is 18.3 Å². The summed E-state index contributed by atoms with van der Waals surface area (Å²) in [5, 5.41) is 8.63. The second-order valence-corrected chi connectivity index (χ2v) is 11.1. The molecule has 1 fully saturated rings. The number of fused-ring (bicyclic) bond motifs is 1. The summed E-state index contributed by atoms with van der Waals surface area (Å²) in [5.41, 5.74) is 1.60. The van der Waals surface area contributed by atoms with E-state index in [1.807, 2.05) is 12.1 Å². The molecule has 0 radical (unpaired) electrons. The molecule has 6 rings (SSSR count). The maximum Gasteiger partial charge on any atom is 0.401 e. The van der Waals surface area contributed by atoms with Crippen molar-refractivity contribution in [1.29, 1.82) is 0 Å². The Morgan fingerprint density at radius 1 is 1.00 bits per heavy atom. The molecular weight excluding hydrogens is 607 g/mol. The molecule has 0 bridgehead atoms. The summed E-state index contributed by atoms with van der Waals surface area (Å²) >= 11 is 0. The van der Waals surface area contributed by atoms with Crippen LogP contribution in [0, 0.1) is 18.6 Å². The predicted molar refractivity (Wildman–Crippen MR) is 162 cm³/mol. The number of hydrogen-bond acceptors (Lipinski definition) is 8. The fourth-order valence-corrected chi connectivity index (χ4v) is 5.75. The second-order valence-electron chi connectivity index (χ2n) is 11.1. The van der Waals surface area contributed by atoms with E-state index in [0.29, 0.717) is 46.9 Å². The van der Waals surface area contributed by atoms with Gasteiger partial charge in [0.25, 0.3) is 0 Å². The third kappa shape index (κ3) is 6.91. The van der Waals surface area contributed by atoms with Crippen LogP contribution in [0.4, 0.5) is 33.6 Å². The molecule has 1 saturated heterocycles. The second kappa shape index (κ2) is 12.9. The number of rotatable bonds is 9. The number of anilines is 2. The highest BCUT2D eigenvalue weighted by Gasteiger charge is 2.33. The molecule has 4 heterocycles. The van der Waals surface area contributed by atoms with E-state index in [1.54, 1.807) is 44.4 Å². The summed E-state index contributed by atoms with van der Waals surface area (Å²) in [5.74, 6) is 0.240. The van der Waals surface area contributed by atoms with Gasteiger partial charge in [0, 0.05) is 41.0 Å². The number of benzene rings is 2. The molecule has 46 heavy (non-hydrogen) atoms. The van der Waals surface area contributed by atoms with Gasteiger partial charge in [-0.15, -0.1) is 0 Å². The Kier molecular flexibility index (Phi) is 8.80. The number of piperidine rings is 1. The molecule has 0 spiro atoms. The average molecular weight is 639 g/mol. The van der Waals surface area contributed by atoms with Crippen molar-refractivity contribution in [2.45, 2.75) is 45.3 Å². The lowest BCUT2D eigenvalue weighted by atomic mass is 9.90. The minimum atomic E-state index is -4.26. The maximum absolute atomic E-state index is 15.0. The van der Waals surface area contributed by atoms with E-state index < -0.39 is 24.4 Å². The first-order valence-electron chi connectivity index (χ1n) is 14.9. The lowest BCUT2D eigenvalue weighted by molar-refractivity contribution is -0.147.